The summed E-state index contributed by atoms with van der Waals surface area (Å²) in [5.41, 5.74) is 1.16. The third-order valence-corrected chi connectivity index (χ3v) is 3.62. The zero-order valence-corrected chi connectivity index (χ0v) is 14.6. The third kappa shape index (κ3) is 3.44. The van der Waals surface area contributed by atoms with Crippen LogP contribution in [0, 0.1) is 0 Å². The molecule has 0 unspecified atom stereocenters. The van der Waals surface area contributed by atoms with Gasteiger partial charge in [0, 0.05) is 10.0 Å². The SMILES string of the molecule is CCOC(=O)c1n[nH]nc1-c1cc(Br)cc(Br)c1OCC. The Hall–Kier alpha value is -1.41. The van der Waals surface area contributed by atoms with Crippen molar-refractivity contribution in [1.29, 1.82) is 0 Å². The van der Waals surface area contributed by atoms with Crippen LogP contribution in [0.4, 0.5) is 0 Å². The molecule has 2 aromatic rings. The molecule has 0 atom stereocenters. The van der Waals surface area contributed by atoms with Crippen molar-refractivity contribution < 1.29 is 14.3 Å². The summed E-state index contributed by atoms with van der Waals surface area (Å²) in [6.07, 6.45) is 0. The van der Waals surface area contributed by atoms with Crippen molar-refractivity contribution in [2.45, 2.75) is 13.8 Å². The van der Waals surface area contributed by atoms with Crippen LogP contribution in [0.15, 0.2) is 21.1 Å². The number of aromatic nitrogens is 3. The maximum absolute atomic E-state index is 11.9. The standard InChI is InChI=1S/C13H13Br2N3O3/c1-3-20-12-8(5-7(14)6-9(12)15)10-11(17-18-16-10)13(19)21-4-2/h5-6H,3-4H2,1-2H3,(H,16,17,18). The predicted molar refractivity (Wildman–Crippen MR) is 84.3 cm³/mol. The molecule has 0 aliphatic carbocycles. The first-order valence-corrected chi connectivity index (χ1v) is 7.87. The number of carbonyl (C=O) groups excluding carboxylic acids is 1. The molecular weight excluding hydrogens is 406 g/mol. The van der Waals surface area contributed by atoms with E-state index < -0.39 is 5.97 Å². The summed E-state index contributed by atoms with van der Waals surface area (Å²) in [4.78, 5) is 11.9. The molecule has 0 radical (unpaired) electrons. The van der Waals surface area contributed by atoms with Gasteiger partial charge < -0.3 is 9.47 Å². The lowest BCUT2D eigenvalue weighted by molar-refractivity contribution is 0.0520. The molecule has 1 aromatic heterocycles. The molecule has 2 rings (SSSR count). The first kappa shape index (κ1) is 16.0. The van der Waals surface area contributed by atoms with Crippen LogP contribution in [-0.4, -0.2) is 34.6 Å². The summed E-state index contributed by atoms with van der Waals surface area (Å²) in [6, 6.07) is 3.68. The predicted octanol–water partition coefficient (Wildman–Crippen LogP) is 3.57. The Balaban J connectivity index is 2.56. The number of H-pyrrole nitrogens is 1. The number of carbonyl (C=O) groups is 1. The monoisotopic (exact) mass is 417 g/mol. The van der Waals surface area contributed by atoms with Crippen LogP contribution in [0.3, 0.4) is 0 Å². The molecule has 1 N–H and O–H groups in total. The number of nitrogens with one attached hydrogen (secondary N) is 1. The zero-order valence-electron chi connectivity index (χ0n) is 11.4. The molecule has 0 aliphatic heterocycles. The molecule has 0 bridgehead atoms. The molecular formula is C13H13Br2N3O3. The van der Waals surface area contributed by atoms with Gasteiger partial charge in [0.25, 0.3) is 0 Å². The average Bonchev–Trinajstić information content (AvgIpc) is 2.91. The van der Waals surface area contributed by atoms with Crippen molar-refractivity contribution in [3.8, 4) is 17.0 Å². The lowest BCUT2D eigenvalue weighted by Crippen LogP contribution is -2.07. The summed E-state index contributed by atoms with van der Waals surface area (Å²) < 4.78 is 12.2. The summed E-state index contributed by atoms with van der Waals surface area (Å²) >= 11 is 6.86. The van der Waals surface area contributed by atoms with E-state index in [1.54, 1.807) is 6.92 Å². The van der Waals surface area contributed by atoms with Crippen LogP contribution in [0.5, 0.6) is 5.75 Å². The zero-order chi connectivity index (χ0) is 15.4. The number of hydrogen-bond acceptors (Lipinski definition) is 5. The minimum Gasteiger partial charge on any atom is -0.492 e. The van der Waals surface area contributed by atoms with Crippen molar-refractivity contribution in [2.75, 3.05) is 13.2 Å². The summed E-state index contributed by atoms with van der Waals surface area (Å²) in [6.45, 7) is 4.37. The number of benzene rings is 1. The second-order valence-corrected chi connectivity index (χ2v) is 5.71. The number of halogens is 2. The van der Waals surface area contributed by atoms with Gasteiger partial charge in [0.05, 0.1) is 17.7 Å². The Morgan fingerprint density at radius 2 is 2.00 bits per heavy atom. The van der Waals surface area contributed by atoms with Gasteiger partial charge in [-0.25, -0.2) is 4.79 Å². The molecule has 1 aromatic carbocycles. The topological polar surface area (TPSA) is 77.1 Å². The minimum absolute atomic E-state index is 0.128. The molecule has 8 heteroatoms. The van der Waals surface area contributed by atoms with Crippen molar-refractivity contribution in [3.05, 3.63) is 26.8 Å². The quantitative estimate of drug-likeness (QED) is 0.751. The second-order valence-electron chi connectivity index (χ2n) is 3.94. The van der Waals surface area contributed by atoms with Gasteiger partial charge in [-0.3, -0.25) is 0 Å². The van der Waals surface area contributed by atoms with Gasteiger partial charge in [-0.15, -0.1) is 5.10 Å². The number of ether oxygens (including phenoxy) is 2. The molecule has 112 valence electrons. The summed E-state index contributed by atoms with van der Waals surface area (Å²) in [5, 5.41) is 10.4. The molecule has 0 fully saturated rings. The van der Waals surface area contributed by atoms with E-state index in [4.69, 9.17) is 9.47 Å². The highest BCUT2D eigenvalue weighted by Gasteiger charge is 2.23. The van der Waals surface area contributed by atoms with Gasteiger partial charge in [0.2, 0.25) is 0 Å². The van der Waals surface area contributed by atoms with E-state index in [-0.39, 0.29) is 12.3 Å². The maximum atomic E-state index is 11.9. The minimum atomic E-state index is -0.528. The van der Waals surface area contributed by atoms with Crippen molar-refractivity contribution in [3.63, 3.8) is 0 Å². The number of esters is 1. The summed E-state index contributed by atoms with van der Waals surface area (Å²) in [5.74, 6) is 0.0694. The van der Waals surface area contributed by atoms with E-state index in [0.29, 0.717) is 23.6 Å². The van der Waals surface area contributed by atoms with Gasteiger partial charge in [-0.1, -0.05) is 15.9 Å². The molecule has 0 saturated carbocycles. The van der Waals surface area contributed by atoms with Gasteiger partial charge in [0.1, 0.15) is 11.4 Å². The first-order valence-electron chi connectivity index (χ1n) is 6.28. The van der Waals surface area contributed by atoms with E-state index in [1.165, 1.54) is 0 Å². The highest BCUT2D eigenvalue weighted by molar-refractivity contribution is 9.11. The lowest BCUT2D eigenvalue weighted by atomic mass is 10.1. The molecule has 0 saturated heterocycles. The summed E-state index contributed by atoms with van der Waals surface area (Å²) in [7, 11) is 0. The van der Waals surface area contributed by atoms with Gasteiger partial charge in [-0.05, 0) is 41.9 Å². The Morgan fingerprint density at radius 3 is 2.67 bits per heavy atom. The van der Waals surface area contributed by atoms with E-state index in [9.17, 15) is 4.79 Å². The normalized spacial score (nSPS) is 10.5. The van der Waals surface area contributed by atoms with Crippen LogP contribution >= 0.6 is 31.9 Å². The molecule has 0 spiro atoms. The number of nitrogens with zero attached hydrogens (tertiary/aromatic N) is 2. The van der Waals surface area contributed by atoms with E-state index >= 15 is 0 Å². The Bertz CT molecular complexity index is 658. The van der Waals surface area contributed by atoms with Crippen molar-refractivity contribution in [2.24, 2.45) is 0 Å². The van der Waals surface area contributed by atoms with Crippen molar-refractivity contribution >= 4 is 37.8 Å². The second kappa shape index (κ2) is 7.04. The number of aromatic amines is 1. The largest absolute Gasteiger partial charge is 0.492 e. The smallest absolute Gasteiger partial charge is 0.361 e. The first-order chi connectivity index (χ1) is 10.1. The molecule has 0 amide bonds. The lowest BCUT2D eigenvalue weighted by Gasteiger charge is -2.12. The third-order valence-electron chi connectivity index (χ3n) is 2.57. The van der Waals surface area contributed by atoms with Crippen LogP contribution in [0.25, 0.3) is 11.3 Å². The van der Waals surface area contributed by atoms with Crippen LogP contribution in [0.2, 0.25) is 0 Å². The van der Waals surface area contributed by atoms with Crippen LogP contribution < -0.4 is 4.74 Å². The number of rotatable bonds is 5. The molecule has 6 nitrogen and oxygen atoms in total. The molecule has 1 heterocycles. The Labute approximate surface area is 138 Å². The molecule has 0 aliphatic rings. The number of hydrogen-bond donors (Lipinski definition) is 1. The van der Waals surface area contributed by atoms with Crippen LogP contribution in [-0.2, 0) is 4.74 Å². The van der Waals surface area contributed by atoms with Crippen LogP contribution in [0.1, 0.15) is 24.3 Å². The van der Waals surface area contributed by atoms with E-state index in [2.05, 4.69) is 47.3 Å². The average molecular weight is 419 g/mol. The maximum Gasteiger partial charge on any atom is 0.361 e. The fourth-order valence-corrected chi connectivity index (χ4v) is 3.13. The fraction of sp³-hybridized carbons (Fsp3) is 0.308. The Morgan fingerprint density at radius 1 is 1.24 bits per heavy atom. The van der Waals surface area contributed by atoms with Crippen molar-refractivity contribution in [1.82, 2.24) is 15.4 Å². The fourth-order valence-electron chi connectivity index (χ4n) is 1.79. The van der Waals surface area contributed by atoms with Gasteiger partial charge >= 0.3 is 5.97 Å². The Kier molecular flexibility index (Phi) is 5.35. The van der Waals surface area contributed by atoms with E-state index in [0.717, 1.165) is 8.95 Å². The highest BCUT2D eigenvalue weighted by Crippen LogP contribution is 2.39. The van der Waals surface area contributed by atoms with Gasteiger partial charge in [0.15, 0.2) is 5.69 Å². The highest BCUT2D eigenvalue weighted by atomic mass is 79.9. The van der Waals surface area contributed by atoms with E-state index in [1.807, 2.05) is 19.1 Å². The molecule has 21 heavy (non-hydrogen) atoms. The van der Waals surface area contributed by atoms with Gasteiger partial charge in [-0.2, -0.15) is 10.3 Å².